The van der Waals surface area contributed by atoms with E-state index < -0.39 is 0 Å². The van der Waals surface area contributed by atoms with E-state index in [9.17, 15) is 4.39 Å². The average Bonchev–Trinajstić information content (AvgIpc) is 2.68. The van der Waals surface area contributed by atoms with E-state index in [0.717, 1.165) is 37.2 Å². The number of hydrogen-bond donors (Lipinski definition) is 1. The van der Waals surface area contributed by atoms with Crippen molar-refractivity contribution in [2.75, 3.05) is 13.2 Å². The summed E-state index contributed by atoms with van der Waals surface area (Å²) in [6.45, 7) is 5.40. The van der Waals surface area contributed by atoms with Crippen LogP contribution < -0.4 is 5.73 Å². The summed E-state index contributed by atoms with van der Waals surface area (Å²) in [5, 5.41) is 0. The number of aryl methyl sites for hydroxylation is 2. The van der Waals surface area contributed by atoms with E-state index >= 15 is 0 Å². The van der Waals surface area contributed by atoms with E-state index in [1.165, 1.54) is 0 Å². The van der Waals surface area contributed by atoms with Gasteiger partial charge in [0, 0.05) is 24.8 Å². The number of halogens is 1. The van der Waals surface area contributed by atoms with Gasteiger partial charge in [0.25, 0.3) is 0 Å². The number of ether oxygens (including phenoxy) is 1. The molecule has 1 aromatic carbocycles. The van der Waals surface area contributed by atoms with Crippen LogP contribution in [0, 0.1) is 25.6 Å². The molecule has 1 saturated heterocycles. The molecule has 1 fully saturated rings. The Kier molecular flexibility index (Phi) is 3.79. The third-order valence-corrected chi connectivity index (χ3v) is 3.46. The standard InChI is InChI=1S/C14H20FNO/c1-9-5-10(2)14(12(15)6-9)13(16)7-11-3-4-17-8-11/h5-6,11,13H,3-4,7-8,16H2,1-2H3. The Morgan fingerprint density at radius 1 is 1.47 bits per heavy atom. The van der Waals surface area contributed by atoms with Gasteiger partial charge in [0.1, 0.15) is 5.82 Å². The highest BCUT2D eigenvalue weighted by Gasteiger charge is 2.22. The Morgan fingerprint density at radius 2 is 2.24 bits per heavy atom. The molecule has 2 N–H and O–H groups in total. The summed E-state index contributed by atoms with van der Waals surface area (Å²) in [6, 6.07) is 3.33. The first kappa shape index (κ1) is 12.5. The third-order valence-electron chi connectivity index (χ3n) is 3.46. The molecule has 94 valence electrons. The van der Waals surface area contributed by atoms with Crippen molar-refractivity contribution in [2.24, 2.45) is 11.7 Å². The highest BCUT2D eigenvalue weighted by molar-refractivity contribution is 5.34. The van der Waals surface area contributed by atoms with E-state index in [0.29, 0.717) is 11.5 Å². The Bertz CT molecular complexity index is 376. The van der Waals surface area contributed by atoms with Crippen molar-refractivity contribution < 1.29 is 9.13 Å². The van der Waals surface area contributed by atoms with Crippen LogP contribution in [0.15, 0.2) is 12.1 Å². The fraction of sp³-hybridized carbons (Fsp3) is 0.571. The number of hydrogen-bond acceptors (Lipinski definition) is 2. The molecule has 0 aromatic heterocycles. The second-order valence-electron chi connectivity index (χ2n) is 5.05. The second kappa shape index (κ2) is 5.15. The molecule has 0 bridgehead atoms. The highest BCUT2D eigenvalue weighted by Crippen LogP contribution is 2.28. The Balaban J connectivity index is 2.15. The third kappa shape index (κ3) is 2.85. The van der Waals surface area contributed by atoms with Gasteiger partial charge in [-0.2, -0.15) is 0 Å². The molecule has 1 aliphatic heterocycles. The second-order valence-corrected chi connectivity index (χ2v) is 5.05. The molecule has 0 radical (unpaired) electrons. The lowest BCUT2D eigenvalue weighted by atomic mass is 9.91. The summed E-state index contributed by atoms with van der Waals surface area (Å²) < 4.78 is 19.2. The Labute approximate surface area is 102 Å². The van der Waals surface area contributed by atoms with Crippen molar-refractivity contribution in [3.05, 3.63) is 34.6 Å². The van der Waals surface area contributed by atoms with Crippen LogP contribution in [0.3, 0.4) is 0 Å². The lowest BCUT2D eigenvalue weighted by Crippen LogP contribution is -2.18. The van der Waals surface area contributed by atoms with E-state index in [2.05, 4.69) is 0 Å². The highest BCUT2D eigenvalue weighted by atomic mass is 19.1. The largest absolute Gasteiger partial charge is 0.381 e. The quantitative estimate of drug-likeness (QED) is 0.877. The molecule has 1 heterocycles. The van der Waals surface area contributed by atoms with Crippen LogP contribution in [0.2, 0.25) is 0 Å². The summed E-state index contributed by atoms with van der Waals surface area (Å²) >= 11 is 0. The number of benzene rings is 1. The molecular formula is C14H20FNO. The molecule has 1 aliphatic rings. The Morgan fingerprint density at radius 3 is 2.82 bits per heavy atom. The summed E-state index contributed by atoms with van der Waals surface area (Å²) in [7, 11) is 0. The van der Waals surface area contributed by atoms with Crippen molar-refractivity contribution in [1.29, 1.82) is 0 Å². The minimum absolute atomic E-state index is 0.172. The maximum absolute atomic E-state index is 13.9. The van der Waals surface area contributed by atoms with Crippen molar-refractivity contribution in [2.45, 2.75) is 32.7 Å². The zero-order chi connectivity index (χ0) is 12.4. The van der Waals surface area contributed by atoms with Gasteiger partial charge in [0.05, 0.1) is 0 Å². The summed E-state index contributed by atoms with van der Waals surface area (Å²) in [6.07, 6.45) is 1.85. The van der Waals surface area contributed by atoms with E-state index in [1.807, 2.05) is 19.9 Å². The van der Waals surface area contributed by atoms with Gasteiger partial charge in [0.2, 0.25) is 0 Å². The smallest absolute Gasteiger partial charge is 0.128 e. The van der Waals surface area contributed by atoms with Gasteiger partial charge in [-0.15, -0.1) is 0 Å². The zero-order valence-corrected chi connectivity index (χ0v) is 10.5. The molecule has 0 aliphatic carbocycles. The number of rotatable bonds is 3. The monoisotopic (exact) mass is 237 g/mol. The van der Waals surface area contributed by atoms with Crippen LogP contribution in [-0.2, 0) is 4.74 Å². The van der Waals surface area contributed by atoms with Crippen LogP contribution in [-0.4, -0.2) is 13.2 Å². The van der Waals surface area contributed by atoms with Crippen LogP contribution in [0.25, 0.3) is 0 Å². The molecule has 0 spiro atoms. The van der Waals surface area contributed by atoms with Gasteiger partial charge in [-0.3, -0.25) is 0 Å². The molecule has 3 heteroatoms. The maximum atomic E-state index is 13.9. The molecule has 2 unspecified atom stereocenters. The molecule has 0 amide bonds. The first-order chi connectivity index (χ1) is 8.08. The van der Waals surface area contributed by atoms with Crippen LogP contribution in [0.5, 0.6) is 0 Å². The lowest BCUT2D eigenvalue weighted by Gasteiger charge is -2.19. The van der Waals surface area contributed by atoms with Gasteiger partial charge in [-0.25, -0.2) is 4.39 Å². The van der Waals surface area contributed by atoms with Gasteiger partial charge in [-0.05, 0) is 49.8 Å². The minimum atomic E-state index is -0.220. The molecule has 2 rings (SSSR count). The normalized spacial score (nSPS) is 21.8. The van der Waals surface area contributed by atoms with Gasteiger partial charge >= 0.3 is 0 Å². The summed E-state index contributed by atoms with van der Waals surface area (Å²) in [5.41, 5.74) is 8.70. The van der Waals surface area contributed by atoms with Gasteiger partial charge < -0.3 is 10.5 Å². The van der Waals surface area contributed by atoms with E-state index in [4.69, 9.17) is 10.5 Å². The molecule has 0 saturated carbocycles. The van der Waals surface area contributed by atoms with Gasteiger partial charge in [0.15, 0.2) is 0 Å². The zero-order valence-electron chi connectivity index (χ0n) is 10.5. The molecule has 2 atom stereocenters. The SMILES string of the molecule is Cc1cc(C)c(C(N)CC2CCOC2)c(F)c1. The first-order valence-corrected chi connectivity index (χ1v) is 6.18. The predicted molar refractivity (Wildman–Crippen MR) is 66.3 cm³/mol. The molecule has 17 heavy (non-hydrogen) atoms. The predicted octanol–water partition coefficient (Wildman–Crippen LogP) is 2.87. The fourth-order valence-corrected chi connectivity index (χ4v) is 2.64. The summed E-state index contributed by atoms with van der Waals surface area (Å²) in [4.78, 5) is 0. The fourth-order valence-electron chi connectivity index (χ4n) is 2.64. The van der Waals surface area contributed by atoms with Crippen molar-refractivity contribution >= 4 is 0 Å². The van der Waals surface area contributed by atoms with Gasteiger partial charge in [-0.1, -0.05) is 6.07 Å². The maximum Gasteiger partial charge on any atom is 0.128 e. The van der Waals surface area contributed by atoms with E-state index in [1.54, 1.807) is 6.07 Å². The topological polar surface area (TPSA) is 35.2 Å². The lowest BCUT2D eigenvalue weighted by molar-refractivity contribution is 0.182. The first-order valence-electron chi connectivity index (χ1n) is 6.18. The van der Waals surface area contributed by atoms with E-state index in [-0.39, 0.29) is 11.9 Å². The van der Waals surface area contributed by atoms with Crippen LogP contribution in [0.1, 0.15) is 35.6 Å². The average molecular weight is 237 g/mol. The molecule has 1 aromatic rings. The van der Waals surface area contributed by atoms with Crippen molar-refractivity contribution in [1.82, 2.24) is 0 Å². The minimum Gasteiger partial charge on any atom is -0.381 e. The van der Waals surface area contributed by atoms with Crippen molar-refractivity contribution in [3.63, 3.8) is 0 Å². The van der Waals surface area contributed by atoms with Crippen LogP contribution in [0.4, 0.5) is 4.39 Å². The summed E-state index contributed by atoms with van der Waals surface area (Å²) in [5.74, 6) is 0.305. The molecule has 2 nitrogen and oxygen atoms in total. The van der Waals surface area contributed by atoms with Crippen molar-refractivity contribution in [3.8, 4) is 0 Å². The number of nitrogens with two attached hydrogens (primary N) is 1. The molecular weight excluding hydrogens is 217 g/mol. The Hall–Kier alpha value is -0.930. The van der Waals surface area contributed by atoms with Crippen LogP contribution >= 0.6 is 0 Å².